The number of benzene rings is 2. The molecule has 1 aliphatic rings. The molecule has 12 heteroatoms. The van der Waals surface area contributed by atoms with Gasteiger partial charge in [-0.25, -0.2) is 13.1 Å². The second-order valence-electron chi connectivity index (χ2n) is 7.93. The van der Waals surface area contributed by atoms with Crippen LogP contribution in [0.1, 0.15) is 29.5 Å². The van der Waals surface area contributed by atoms with E-state index in [0.29, 0.717) is 35.5 Å². The molecule has 1 heterocycles. The lowest BCUT2D eigenvalue weighted by molar-refractivity contribution is -0.137. The van der Waals surface area contributed by atoms with Crippen LogP contribution >= 0.6 is 23.2 Å². The Balaban J connectivity index is 1.60. The van der Waals surface area contributed by atoms with Crippen molar-refractivity contribution in [2.45, 2.75) is 37.2 Å². The molecule has 0 aliphatic carbocycles. The van der Waals surface area contributed by atoms with Crippen LogP contribution in [0.2, 0.25) is 10.0 Å². The number of nitrogens with two attached hydrogens (primary N) is 1. The van der Waals surface area contributed by atoms with Gasteiger partial charge in [-0.15, -0.1) is 0 Å². The molecular formula is C22H25Cl2N5O4S. The molecule has 2 amide bonds. The van der Waals surface area contributed by atoms with E-state index in [1.54, 1.807) is 31.2 Å². The predicted molar refractivity (Wildman–Crippen MR) is 130 cm³/mol. The number of sulfonamides is 1. The van der Waals surface area contributed by atoms with Gasteiger partial charge in [-0.3, -0.25) is 15.0 Å². The highest BCUT2D eigenvalue weighted by molar-refractivity contribution is 7.89. The van der Waals surface area contributed by atoms with Crippen LogP contribution in [-0.2, 0) is 26.2 Å². The molecule has 3 rings (SSSR count). The summed E-state index contributed by atoms with van der Waals surface area (Å²) in [5.41, 5.74) is 7.19. The zero-order valence-electron chi connectivity index (χ0n) is 18.4. The van der Waals surface area contributed by atoms with E-state index in [4.69, 9.17) is 34.3 Å². The Labute approximate surface area is 208 Å². The summed E-state index contributed by atoms with van der Waals surface area (Å²) < 4.78 is 27.8. The summed E-state index contributed by atoms with van der Waals surface area (Å²) in [6.45, 7) is 1.66. The predicted octanol–water partition coefficient (Wildman–Crippen LogP) is 2.17. The quantitative estimate of drug-likeness (QED) is 0.308. The van der Waals surface area contributed by atoms with Crippen molar-refractivity contribution in [1.82, 2.24) is 14.9 Å². The molecule has 0 radical (unpaired) electrons. The molecule has 5 N–H and O–H groups in total. The average Bonchev–Trinajstić information content (AvgIpc) is 3.25. The zero-order valence-corrected chi connectivity index (χ0v) is 20.7. The number of carbonyl (C=O) groups is 2. The van der Waals surface area contributed by atoms with Gasteiger partial charge in [0, 0.05) is 23.7 Å². The number of carbonyl (C=O) groups excluding carboxylic acids is 2. The van der Waals surface area contributed by atoms with E-state index in [0.717, 1.165) is 5.56 Å². The molecule has 0 bridgehead atoms. The highest BCUT2D eigenvalue weighted by Gasteiger charge is 2.34. The first-order valence-corrected chi connectivity index (χ1v) is 12.7. The van der Waals surface area contributed by atoms with Crippen LogP contribution in [0.25, 0.3) is 0 Å². The molecule has 1 saturated heterocycles. The zero-order chi connectivity index (χ0) is 25.0. The first kappa shape index (κ1) is 26.0. The van der Waals surface area contributed by atoms with Crippen LogP contribution in [0.4, 0.5) is 0 Å². The summed E-state index contributed by atoms with van der Waals surface area (Å²) in [5.74, 6) is -0.865. The molecule has 182 valence electrons. The fourth-order valence-corrected chi connectivity index (χ4v) is 5.96. The van der Waals surface area contributed by atoms with Crippen LogP contribution in [0.15, 0.2) is 41.3 Å². The van der Waals surface area contributed by atoms with Crippen molar-refractivity contribution >= 4 is 50.9 Å². The lowest BCUT2D eigenvalue weighted by Gasteiger charge is -2.24. The molecule has 0 unspecified atom stereocenters. The maximum atomic E-state index is 12.8. The van der Waals surface area contributed by atoms with Gasteiger partial charge in [-0.2, -0.15) is 0 Å². The van der Waals surface area contributed by atoms with Gasteiger partial charge in [0.15, 0.2) is 0 Å². The standard InChI is InChI=1S/C22H25Cl2N5O4S/c1-13-9-16(23)10-17(24)20(13)34(32,33)28-12-19(30)29-8-2-3-18(29)22(31)27-11-14-4-6-15(7-5-14)21(25)26/h4-7,9-10,18,28H,2-3,8,11-12H2,1H3,(H3,25,26)(H,27,31)/t18-/m0/s1. The van der Waals surface area contributed by atoms with Crippen molar-refractivity contribution in [2.75, 3.05) is 13.1 Å². The van der Waals surface area contributed by atoms with E-state index < -0.39 is 28.5 Å². The number of aryl methyl sites for hydroxylation is 1. The monoisotopic (exact) mass is 525 g/mol. The van der Waals surface area contributed by atoms with Crippen LogP contribution in [-0.4, -0.2) is 50.1 Å². The van der Waals surface area contributed by atoms with E-state index in [-0.39, 0.29) is 28.2 Å². The molecule has 0 saturated carbocycles. The van der Waals surface area contributed by atoms with Crippen LogP contribution < -0.4 is 15.8 Å². The molecule has 0 aromatic heterocycles. The average molecular weight is 526 g/mol. The number of amides is 2. The van der Waals surface area contributed by atoms with Gasteiger partial charge in [0.05, 0.1) is 11.6 Å². The van der Waals surface area contributed by atoms with Crippen molar-refractivity contribution in [3.63, 3.8) is 0 Å². The topological polar surface area (TPSA) is 145 Å². The van der Waals surface area contributed by atoms with Crippen LogP contribution in [0, 0.1) is 12.3 Å². The second kappa shape index (κ2) is 10.7. The molecule has 34 heavy (non-hydrogen) atoms. The summed E-state index contributed by atoms with van der Waals surface area (Å²) in [6, 6.07) is 9.00. The maximum absolute atomic E-state index is 12.8. The van der Waals surface area contributed by atoms with E-state index in [1.807, 2.05) is 0 Å². The minimum atomic E-state index is -4.07. The summed E-state index contributed by atoms with van der Waals surface area (Å²) in [5, 5.41) is 10.5. The van der Waals surface area contributed by atoms with Gasteiger partial charge in [0.1, 0.15) is 16.8 Å². The molecule has 9 nitrogen and oxygen atoms in total. The third-order valence-corrected chi connectivity index (χ3v) is 7.72. The first-order valence-electron chi connectivity index (χ1n) is 10.5. The molecule has 0 spiro atoms. The number of nitrogens with zero attached hydrogens (tertiary/aromatic N) is 1. The van der Waals surface area contributed by atoms with E-state index >= 15 is 0 Å². The van der Waals surface area contributed by atoms with Gasteiger partial charge in [-0.05, 0) is 43.0 Å². The Morgan fingerprint density at radius 3 is 2.50 bits per heavy atom. The third kappa shape index (κ3) is 6.06. The highest BCUT2D eigenvalue weighted by Crippen LogP contribution is 2.28. The number of hydrogen-bond acceptors (Lipinski definition) is 5. The fraction of sp³-hybridized carbons (Fsp3) is 0.318. The summed E-state index contributed by atoms with van der Waals surface area (Å²) in [7, 11) is -4.07. The van der Waals surface area contributed by atoms with Gasteiger partial charge < -0.3 is 16.0 Å². The van der Waals surface area contributed by atoms with Gasteiger partial charge in [0.25, 0.3) is 0 Å². The molecular weight excluding hydrogens is 501 g/mol. The molecule has 2 aromatic rings. The minimum Gasteiger partial charge on any atom is -0.384 e. The van der Waals surface area contributed by atoms with Crippen LogP contribution in [0.3, 0.4) is 0 Å². The summed E-state index contributed by atoms with van der Waals surface area (Å²) in [6.07, 6.45) is 1.11. The van der Waals surface area contributed by atoms with Crippen molar-refractivity contribution in [3.8, 4) is 0 Å². The lowest BCUT2D eigenvalue weighted by Crippen LogP contribution is -2.48. The number of amidine groups is 1. The smallest absolute Gasteiger partial charge is 0.243 e. The molecule has 1 atom stereocenters. The molecule has 1 aliphatic heterocycles. The van der Waals surface area contributed by atoms with Gasteiger partial charge >= 0.3 is 0 Å². The van der Waals surface area contributed by atoms with Crippen LogP contribution in [0.5, 0.6) is 0 Å². The summed E-state index contributed by atoms with van der Waals surface area (Å²) >= 11 is 12.0. The SMILES string of the molecule is Cc1cc(Cl)cc(Cl)c1S(=O)(=O)NCC(=O)N1CCC[C@H]1C(=O)NCc1ccc(C(=N)N)cc1. The van der Waals surface area contributed by atoms with Crippen molar-refractivity contribution in [1.29, 1.82) is 5.41 Å². The number of nitrogens with one attached hydrogen (secondary N) is 3. The number of rotatable bonds is 8. The van der Waals surface area contributed by atoms with Crippen molar-refractivity contribution in [2.24, 2.45) is 5.73 Å². The highest BCUT2D eigenvalue weighted by atomic mass is 35.5. The number of nitrogen functional groups attached to an aromatic ring is 1. The number of hydrogen-bond donors (Lipinski definition) is 4. The second-order valence-corrected chi connectivity index (χ2v) is 10.5. The molecule has 1 fully saturated rings. The van der Waals surface area contributed by atoms with Crippen molar-refractivity contribution < 1.29 is 18.0 Å². The van der Waals surface area contributed by atoms with E-state index in [9.17, 15) is 18.0 Å². The summed E-state index contributed by atoms with van der Waals surface area (Å²) in [4.78, 5) is 26.7. The van der Waals surface area contributed by atoms with Gasteiger partial charge in [0.2, 0.25) is 21.8 Å². The normalized spacial score (nSPS) is 15.9. The molecule has 2 aromatic carbocycles. The largest absolute Gasteiger partial charge is 0.384 e. The third-order valence-electron chi connectivity index (χ3n) is 5.48. The van der Waals surface area contributed by atoms with Gasteiger partial charge in [-0.1, -0.05) is 47.5 Å². The Hall–Kier alpha value is -2.66. The maximum Gasteiger partial charge on any atom is 0.243 e. The minimum absolute atomic E-state index is 0.0418. The number of likely N-dealkylation sites (tertiary alicyclic amines) is 1. The van der Waals surface area contributed by atoms with E-state index in [2.05, 4.69) is 10.0 Å². The first-order chi connectivity index (χ1) is 16.0. The number of halogens is 2. The fourth-order valence-electron chi connectivity index (χ4n) is 3.81. The Morgan fingerprint density at radius 1 is 1.21 bits per heavy atom. The van der Waals surface area contributed by atoms with E-state index in [1.165, 1.54) is 17.0 Å². The Morgan fingerprint density at radius 2 is 1.88 bits per heavy atom. The Kier molecular flexibility index (Phi) is 8.19. The Bertz CT molecular complexity index is 1200. The lowest BCUT2D eigenvalue weighted by atomic mass is 10.1. The van der Waals surface area contributed by atoms with Crippen molar-refractivity contribution in [3.05, 3.63) is 63.1 Å².